The van der Waals surface area contributed by atoms with E-state index in [0.29, 0.717) is 16.7 Å². The molecule has 0 fully saturated rings. The van der Waals surface area contributed by atoms with Crippen LogP contribution in [0.25, 0.3) is 17.3 Å². The fourth-order valence-corrected chi connectivity index (χ4v) is 3.55. The lowest BCUT2D eigenvalue weighted by Gasteiger charge is -2.15. The Balaban J connectivity index is 1.66. The van der Waals surface area contributed by atoms with Gasteiger partial charge in [-0.25, -0.2) is 0 Å². The van der Waals surface area contributed by atoms with Crippen LogP contribution in [0.3, 0.4) is 0 Å². The first-order valence-corrected chi connectivity index (χ1v) is 9.94. The van der Waals surface area contributed by atoms with Crippen LogP contribution in [0, 0.1) is 0 Å². The number of benzene rings is 1. The number of thioether (sulfide) groups is 1. The summed E-state index contributed by atoms with van der Waals surface area (Å²) in [5.41, 5.74) is 2.49. The van der Waals surface area contributed by atoms with Gasteiger partial charge >= 0.3 is 0 Å². The molecule has 0 amide bonds. The van der Waals surface area contributed by atoms with Crippen LogP contribution in [0.2, 0.25) is 0 Å². The minimum Gasteiger partial charge on any atom is -0.465 e. The lowest BCUT2D eigenvalue weighted by molar-refractivity contribution is 0.266. The van der Waals surface area contributed by atoms with E-state index < -0.39 is 6.23 Å². The zero-order valence-corrected chi connectivity index (χ0v) is 15.8. The molecule has 3 aromatic rings. The Kier molecular flexibility index (Phi) is 5.39. The van der Waals surface area contributed by atoms with Gasteiger partial charge in [0.2, 0.25) is 11.0 Å². The van der Waals surface area contributed by atoms with Crippen LogP contribution in [0.15, 0.2) is 58.3 Å². The van der Waals surface area contributed by atoms with Crippen LogP contribution in [-0.2, 0) is 0 Å². The van der Waals surface area contributed by atoms with Gasteiger partial charge in [-0.3, -0.25) is 0 Å². The third-order valence-electron chi connectivity index (χ3n) is 4.06. The molecule has 7 heteroatoms. The highest BCUT2D eigenvalue weighted by Gasteiger charge is 2.23. The summed E-state index contributed by atoms with van der Waals surface area (Å²) in [5.74, 6) is 2.21. The molecule has 4 rings (SSSR count). The summed E-state index contributed by atoms with van der Waals surface area (Å²) in [7, 11) is 0. The molecular weight excluding hydrogens is 360 g/mol. The van der Waals surface area contributed by atoms with Gasteiger partial charge in [0.25, 0.3) is 0 Å². The molecule has 0 saturated carbocycles. The number of rotatable bonds is 6. The van der Waals surface area contributed by atoms with Gasteiger partial charge in [0.15, 0.2) is 11.9 Å². The molecule has 3 heterocycles. The van der Waals surface area contributed by atoms with Gasteiger partial charge in [-0.05, 0) is 36.8 Å². The second-order valence-electron chi connectivity index (χ2n) is 6.05. The predicted molar refractivity (Wildman–Crippen MR) is 107 cm³/mol. The van der Waals surface area contributed by atoms with E-state index in [1.807, 2.05) is 48.6 Å². The molecule has 0 radical (unpaired) electrons. The second-order valence-corrected chi connectivity index (χ2v) is 7.12. The Labute approximate surface area is 162 Å². The number of para-hydroxylation sites is 1. The Morgan fingerprint density at radius 2 is 2.11 bits per heavy atom. The number of hydrogen-bond acceptors (Lipinski definition) is 7. The van der Waals surface area contributed by atoms with E-state index >= 15 is 0 Å². The standard InChI is InChI=1S/C20H20N4O2S/c1-2-3-13-27-20-22-19-18(23-24-20)15-8-4-5-9-16(15)21-17(26-19)11-10-14-7-6-12-25-14/h4-12,17,21H,2-3,13H2,1H3/b11-10-/t17-/m1/s1. The van der Waals surface area contributed by atoms with Crippen molar-refractivity contribution in [2.75, 3.05) is 11.1 Å². The van der Waals surface area contributed by atoms with Gasteiger partial charge in [-0.1, -0.05) is 43.3 Å². The van der Waals surface area contributed by atoms with Gasteiger partial charge in [-0.15, -0.1) is 10.2 Å². The number of furan rings is 1. The molecule has 2 aromatic heterocycles. The topological polar surface area (TPSA) is 73.1 Å². The van der Waals surface area contributed by atoms with E-state index in [-0.39, 0.29) is 0 Å². The highest BCUT2D eigenvalue weighted by molar-refractivity contribution is 7.99. The zero-order chi connectivity index (χ0) is 18.5. The predicted octanol–water partition coefficient (Wildman–Crippen LogP) is 4.87. The number of hydrogen-bond donors (Lipinski definition) is 1. The number of nitrogens with one attached hydrogen (secondary N) is 1. The normalized spacial score (nSPS) is 15.5. The van der Waals surface area contributed by atoms with E-state index in [9.17, 15) is 0 Å². The minimum absolute atomic E-state index is 0.400. The molecule has 0 unspecified atom stereocenters. The van der Waals surface area contributed by atoms with Crippen molar-refractivity contribution in [2.24, 2.45) is 0 Å². The van der Waals surface area contributed by atoms with Crippen LogP contribution < -0.4 is 10.1 Å². The van der Waals surface area contributed by atoms with Crippen LogP contribution in [0.4, 0.5) is 5.69 Å². The summed E-state index contributed by atoms with van der Waals surface area (Å²) in [6.45, 7) is 2.17. The van der Waals surface area contributed by atoms with Crippen LogP contribution in [-0.4, -0.2) is 27.2 Å². The van der Waals surface area contributed by atoms with Crippen molar-refractivity contribution in [1.29, 1.82) is 0 Å². The number of ether oxygens (including phenoxy) is 1. The molecule has 1 atom stereocenters. The maximum absolute atomic E-state index is 6.12. The van der Waals surface area contributed by atoms with Crippen LogP contribution in [0.1, 0.15) is 25.5 Å². The van der Waals surface area contributed by atoms with Gasteiger partial charge in [-0.2, -0.15) is 4.98 Å². The second kappa shape index (κ2) is 8.26. The number of anilines is 1. The van der Waals surface area contributed by atoms with Crippen molar-refractivity contribution in [3.63, 3.8) is 0 Å². The fourth-order valence-electron chi connectivity index (χ4n) is 2.69. The summed E-state index contributed by atoms with van der Waals surface area (Å²) >= 11 is 1.60. The van der Waals surface area contributed by atoms with Crippen molar-refractivity contribution in [2.45, 2.75) is 31.1 Å². The molecule has 1 N–H and O–H groups in total. The molecule has 0 bridgehead atoms. The minimum atomic E-state index is -0.400. The number of fused-ring (bicyclic) bond motifs is 3. The van der Waals surface area contributed by atoms with Crippen LogP contribution in [0.5, 0.6) is 5.88 Å². The zero-order valence-electron chi connectivity index (χ0n) is 15.0. The molecule has 1 aliphatic heterocycles. The highest BCUT2D eigenvalue weighted by atomic mass is 32.2. The monoisotopic (exact) mass is 380 g/mol. The van der Waals surface area contributed by atoms with Crippen molar-refractivity contribution in [1.82, 2.24) is 15.2 Å². The molecule has 138 valence electrons. The quantitative estimate of drug-likeness (QED) is 0.483. The molecule has 1 aliphatic rings. The van der Waals surface area contributed by atoms with Gasteiger partial charge in [0.1, 0.15) is 5.76 Å². The molecule has 0 aliphatic carbocycles. The molecular formula is C20H20N4O2S. The first-order valence-electron chi connectivity index (χ1n) is 8.95. The summed E-state index contributed by atoms with van der Waals surface area (Å²) in [6.07, 6.45) is 7.27. The van der Waals surface area contributed by atoms with Crippen LogP contribution >= 0.6 is 11.8 Å². The first kappa shape index (κ1) is 17.6. The number of unbranched alkanes of at least 4 members (excludes halogenated alkanes) is 1. The van der Waals surface area contributed by atoms with E-state index in [2.05, 4.69) is 27.4 Å². The Morgan fingerprint density at radius 1 is 1.19 bits per heavy atom. The van der Waals surface area contributed by atoms with Crippen molar-refractivity contribution in [3.8, 4) is 17.1 Å². The molecule has 6 nitrogen and oxygen atoms in total. The number of nitrogens with zero attached hydrogens (tertiary/aromatic N) is 3. The fraction of sp³-hybridized carbons (Fsp3) is 0.250. The van der Waals surface area contributed by atoms with Crippen molar-refractivity contribution in [3.05, 3.63) is 54.5 Å². The first-order chi connectivity index (χ1) is 13.3. The molecule has 0 saturated heterocycles. The van der Waals surface area contributed by atoms with Gasteiger partial charge in [0.05, 0.1) is 6.26 Å². The van der Waals surface area contributed by atoms with Gasteiger partial charge < -0.3 is 14.5 Å². The SMILES string of the molecule is CCCCSc1nnc2c(n1)O[C@H](/C=C\c1ccco1)Nc1ccccc1-2. The maximum Gasteiger partial charge on any atom is 0.247 e. The molecule has 1 aromatic carbocycles. The Morgan fingerprint density at radius 3 is 2.96 bits per heavy atom. The van der Waals surface area contributed by atoms with Gasteiger partial charge in [0, 0.05) is 17.0 Å². The number of aromatic nitrogens is 3. The summed E-state index contributed by atoms with van der Waals surface area (Å²) in [6, 6.07) is 11.7. The Hall–Kier alpha value is -2.80. The Bertz CT molecular complexity index is 927. The summed E-state index contributed by atoms with van der Waals surface area (Å²) < 4.78 is 11.5. The van der Waals surface area contributed by atoms with E-state index in [1.54, 1.807) is 18.0 Å². The third-order valence-corrected chi connectivity index (χ3v) is 4.99. The average Bonchev–Trinajstić information content (AvgIpc) is 3.15. The van der Waals surface area contributed by atoms with E-state index in [0.717, 1.165) is 35.6 Å². The van der Waals surface area contributed by atoms with Crippen molar-refractivity contribution < 1.29 is 9.15 Å². The molecule has 0 spiro atoms. The van der Waals surface area contributed by atoms with Crippen molar-refractivity contribution >= 4 is 23.5 Å². The average molecular weight is 380 g/mol. The van der Waals surface area contributed by atoms with E-state index in [4.69, 9.17) is 9.15 Å². The maximum atomic E-state index is 6.12. The smallest absolute Gasteiger partial charge is 0.247 e. The molecule has 27 heavy (non-hydrogen) atoms. The summed E-state index contributed by atoms with van der Waals surface area (Å²) in [4.78, 5) is 4.61. The highest BCUT2D eigenvalue weighted by Crippen LogP contribution is 2.36. The third kappa shape index (κ3) is 4.14. The largest absolute Gasteiger partial charge is 0.465 e. The lowest BCUT2D eigenvalue weighted by Crippen LogP contribution is -2.23. The lowest BCUT2D eigenvalue weighted by atomic mass is 10.1. The summed E-state index contributed by atoms with van der Waals surface area (Å²) in [5, 5.41) is 12.7. The van der Waals surface area contributed by atoms with E-state index in [1.165, 1.54) is 0 Å².